The molecule has 1 N–H and O–H groups in total. The molecule has 138 valence electrons. The first-order chi connectivity index (χ1) is 12.0. The fraction of sp³-hybridized carbons (Fsp3) is 0.333. The number of benzene rings is 1. The minimum absolute atomic E-state index is 0. The summed E-state index contributed by atoms with van der Waals surface area (Å²) in [5.41, 5.74) is 2.75. The zero-order valence-electron chi connectivity index (χ0n) is 14.4. The molecule has 1 aromatic carbocycles. The van der Waals surface area contributed by atoms with E-state index in [0.29, 0.717) is 10.9 Å². The van der Waals surface area contributed by atoms with Crippen LogP contribution in [0.15, 0.2) is 47.6 Å². The second-order valence-electron chi connectivity index (χ2n) is 6.50. The van der Waals surface area contributed by atoms with Crippen LogP contribution in [-0.2, 0) is 9.84 Å². The molecule has 4 rings (SSSR count). The SMILES string of the molecule is CS(=O)(=O)c1ccc(-c2cc3cnn(C4CCNCC4)c3cn2)cc1.Cl. The molecule has 0 aliphatic carbocycles. The molecule has 0 spiro atoms. The van der Waals surface area contributed by atoms with Crippen LogP contribution in [0, 0.1) is 0 Å². The number of pyridine rings is 1. The molecule has 26 heavy (non-hydrogen) atoms. The number of nitrogens with zero attached hydrogens (tertiary/aromatic N) is 3. The van der Waals surface area contributed by atoms with Crippen molar-refractivity contribution in [2.45, 2.75) is 23.8 Å². The van der Waals surface area contributed by atoms with E-state index in [-0.39, 0.29) is 12.4 Å². The zero-order chi connectivity index (χ0) is 17.4. The Morgan fingerprint density at radius 1 is 1.12 bits per heavy atom. The molecule has 0 saturated carbocycles. The molecular weight excluding hydrogens is 372 g/mol. The number of sulfone groups is 1. The maximum absolute atomic E-state index is 11.6. The number of halogens is 1. The number of fused-ring (bicyclic) bond motifs is 1. The third-order valence-corrected chi connectivity index (χ3v) is 5.84. The summed E-state index contributed by atoms with van der Waals surface area (Å²) in [7, 11) is -3.18. The molecule has 3 heterocycles. The van der Waals surface area contributed by atoms with E-state index < -0.39 is 9.84 Å². The Labute approximate surface area is 159 Å². The van der Waals surface area contributed by atoms with Gasteiger partial charge in [-0.3, -0.25) is 9.67 Å². The molecule has 6 nitrogen and oxygen atoms in total. The van der Waals surface area contributed by atoms with Crippen LogP contribution >= 0.6 is 12.4 Å². The molecule has 2 aromatic heterocycles. The minimum Gasteiger partial charge on any atom is -0.317 e. The van der Waals surface area contributed by atoms with Crippen LogP contribution < -0.4 is 5.32 Å². The lowest BCUT2D eigenvalue weighted by atomic mass is 10.1. The second kappa shape index (κ2) is 7.34. The van der Waals surface area contributed by atoms with Crippen LogP contribution in [0.2, 0.25) is 0 Å². The maximum atomic E-state index is 11.6. The Morgan fingerprint density at radius 3 is 2.46 bits per heavy atom. The predicted octanol–water partition coefficient (Wildman–Crippen LogP) is 2.85. The van der Waals surface area contributed by atoms with Gasteiger partial charge < -0.3 is 5.32 Å². The van der Waals surface area contributed by atoms with Gasteiger partial charge in [-0.2, -0.15) is 5.10 Å². The van der Waals surface area contributed by atoms with Gasteiger partial charge in [0.05, 0.1) is 34.5 Å². The molecular formula is C18H21ClN4O2S. The van der Waals surface area contributed by atoms with Gasteiger partial charge in [0.2, 0.25) is 0 Å². The van der Waals surface area contributed by atoms with E-state index in [2.05, 4.69) is 20.1 Å². The lowest BCUT2D eigenvalue weighted by Gasteiger charge is -2.23. The van der Waals surface area contributed by atoms with E-state index >= 15 is 0 Å². The molecule has 1 aliphatic heterocycles. The van der Waals surface area contributed by atoms with Crippen LogP contribution in [0.3, 0.4) is 0 Å². The fourth-order valence-electron chi connectivity index (χ4n) is 3.32. The van der Waals surface area contributed by atoms with Gasteiger partial charge in [0.15, 0.2) is 9.84 Å². The van der Waals surface area contributed by atoms with E-state index in [0.717, 1.165) is 48.1 Å². The van der Waals surface area contributed by atoms with Gasteiger partial charge in [0.25, 0.3) is 0 Å². The Hall–Kier alpha value is -1.96. The van der Waals surface area contributed by atoms with Crippen LogP contribution in [0.1, 0.15) is 18.9 Å². The van der Waals surface area contributed by atoms with Crippen molar-refractivity contribution in [2.75, 3.05) is 19.3 Å². The van der Waals surface area contributed by atoms with Crippen molar-refractivity contribution >= 4 is 33.1 Å². The Kier molecular flexibility index (Phi) is 5.32. The monoisotopic (exact) mass is 392 g/mol. The summed E-state index contributed by atoms with van der Waals surface area (Å²) in [6.45, 7) is 2.04. The summed E-state index contributed by atoms with van der Waals surface area (Å²) >= 11 is 0. The highest BCUT2D eigenvalue weighted by Crippen LogP contribution is 2.27. The third kappa shape index (κ3) is 3.60. The number of rotatable bonds is 3. The number of piperidine rings is 1. The predicted molar refractivity (Wildman–Crippen MR) is 104 cm³/mol. The molecule has 1 aliphatic rings. The van der Waals surface area contributed by atoms with Crippen LogP contribution in [0.4, 0.5) is 0 Å². The van der Waals surface area contributed by atoms with E-state index in [1.807, 2.05) is 18.5 Å². The van der Waals surface area contributed by atoms with E-state index in [9.17, 15) is 8.42 Å². The van der Waals surface area contributed by atoms with Gasteiger partial charge >= 0.3 is 0 Å². The smallest absolute Gasteiger partial charge is 0.175 e. The first-order valence-corrected chi connectivity index (χ1v) is 10.3. The van der Waals surface area contributed by atoms with Crippen molar-refractivity contribution in [3.8, 4) is 11.3 Å². The average Bonchev–Trinajstić information content (AvgIpc) is 3.05. The van der Waals surface area contributed by atoms with Gasteiger partial charge in [-0.15, -0.1) is 12.4 Å². The van der Waals surface area contributed by atoms with Gasteiger partial charge in [-0.25, -0.2) is 8.42 Å². The topological polar surface area (TPSA) is 76.9 Å². The van der Waals surface area contributed by atoms with Crippen molar-refractivity contribution < 1.29 is 8.42 Å². The molecule has 3 aromatic rings. The first kappa shape index (κ1) is 18.8. The van der Waals surface area contributed by atoms with Crippen LogP contribution in [0.5, 0.6) is 0 Å². The second-order valence-corrected chi connectivity index (χ2v) is 8.51. The van der Waals surface area contributed by atoms with Crippen molar-refractivity contribution in [1.82, 2.24) is 20.1 Å². The molecule has 0 atom stereocenters. The summed E-state index contributed by atoms with van der Waals surface area (Å²) < 4.78 is 25.2. The van der Waals surface area contributed by atoms with Gasteiger partial charge in [0.1, 0.15) is 0 Å². The standard InChI is InChI=1S/C18H20N4O2S.ClH/c1-25(23,24)16-4-2-13(3-5-16)17-10-14-11-21-22(18(14)12-20-17)15-6-8-19-9-7-15;/h2-5,10-12,15,19H,6-9H2,1H3;1H. The third-order valence-electron chi connectivity index (χ3n) is 4.71. The molecule has 0 unspecified atom stereocenters. The maximum Gasteiger partial charge on any atom is 0.175 e. The quantitative estimate of drug-likeness (QED) is 0.741. The highest BCUT2D eigenvalue weighted by atomic mass is 35.5. The average molecular weight is 393 g/mol. The molecule has 8 heteroatoms. The lowest BCUT2D eigenvalue weighted by molar-refractivity contribution is 0.351. The highest BCUT2D eigenvalue weighted by Gasteiger charge is 2.18. The Morgan fingerprint density at radius 2 is 1.81 bits per heavy atom. The summed E-state index contributed by atoms with van der Waals surface area (Å²) in [4.78, 5) is 4.89. The molecule has 0 radical (unpaired) electrons. The number of hydrogen-bond donors (Lipinski definition) is 1. The normalized spacial score (nSPS) is 15.7. The Bertz CT molecular complexity index is 1010. The summed E-state index contributed by atoms with van der Waals surface area (Å²) in [6, 6.07) is 9.25. The van der Waals surface area contributed by atoms with Crippen molar-refractivity contribution in [3.05, 3.63) is 42.7 Å². The van der Waals surface area contributed by atoms with Crippen molar-refractivity contribution in [2.24, 2.45) is 0 Å². The fourth-order valence-corrected chi connectivity index (χ4v) is 3.95. The summed E-state index contributed by atoms with van der Waals surface area (Å²) in [5.74, 6) is 0. The molecule has 0 bridgehead atoms. The van der Waals surface area contributed by atoms with E-state index in [1.54, 1.807) is 24.3 Å². The van der Waals surface area contributed by atoms with E-state index in [4.69, 9.17) is 0 Å². The number of hydrogen-bond acceptors (Lipinski definition) is 5. The van der Waals surface area contributed by atoms with Gasteiger partial charge in [-0.05, 0) is 44.1 Å². The molecule has 1 saturated heterocycles. The largest absolute Gasteiger partial charge is 0.317 e. The lowest BCUT2D eigenvalue weighted by Crippen LogP contribution is -2.29. The van der Waals surface area contributed by atoms with Gasteiger partial charge in [-0.1, -0.05) is 12.1 Å². The minimum atomic E-state index is -3.18. The molecule has 0 amide bonds. The highest BCUT2D eigenvalue weighted by molar-refractivity contribution is 7.90. The zero-order valence-corrected chi connectivity index (χ0v) is 16.1. The summed E-state index contributed by atoms with van der Waals surface area (Å²) in [5, 5.41) is 8.99. The molecule has 1 fully saturated rings. The van der Waals surface area contributed by atoms with E-state index in [1.165, 1.54) is 6.26 Å². The first-order valence-electron chi connectivity index (χ1n) is 8.37. The van der Waals surface area contributed by atoms with Crippen LogP contribution in [0.25, 0.3) is 22.2 Å². The Balaban J connectivity index is 0.00000196. The summed E-state index contributed by atoms with van der Waals surface area (Å²) in [6.07, 6.45) is 7.11. The van der Waals surface area contributed by atoms with Crippen molar-refractivity contribution in [3.63, 3.8) is 0 Å². The van der Waals surface area contributed by atoms with Gasteiger partial charge in [0, 0.05) is 17.2 Å². The number of nitrogens with one attached hydrogen (secondary N) is 1. The van der Waals surface area contributed by atoms with Crippen molar-refractivity contribution in [1.29, 1.82) is 0 Å². The van der Waals surface area contributed by atoms with Crippen LogP contribution in [-0.4, -0.2) is 42.5 Å². The number of aromatic nitrogens is 3.